The number of H-pyrrole nitrogens is 1. The van der Waals surface area contributed by atoms with Crippen molar-refractivity contribution in [2.75, 3.05) is 12.8 Å². The number of carbonyl (C=O) groups is 1. The average molecular weight is 482 g/mol. The van der Waals surface area contributed by atoms with Gasteiger partial charge in [-0.15, -0.1) is 23.1 Å². The number of hydrogen-bond acceptors (Lipinski definition) is 5. The fourth-order valence-electron chi connectivity index (χ4n) is 3.78. The van der Waals surface area contributed by atoms with Gasteiger partial charge in [0.05, 0.1) is 22.5 Å². The van der Waals surface area contributed by atoms with E-state index < -0.39 is 11.7 Å². The van der Waals surface area contributed by atoms with Crippen molar-refractivity contribution in [3.63, 3.8) is 0 Å². The number of aromatic nitrogens is 2. The Labute approximate surface area is 191 Å². The van der Waals surface area contributed by atoms with Crippen molar-refractivity contribution < 1.29 is 18.0 Å². The van der Waals surface area contributed by atoms with Crippen molar-refractivity contribution in [3.8, 4) is 0 Å². The number of amides is 1. The summed E-state index contributed by atoms with van der Waals surface area (Å²) in [6.07, 6.45) is -0.217. The number of nitrogens with zero attached hydrogens (tertiary/aromatic N) is 2. The molecule has 3 aromatic rings. The molecule has 0 unspecified atom stereocenters. The van der Waals surface area contributed by atoms with Crippen LogP contribution < -0.4 is 5.56 Å². The van der Waals surface area contributed by atoms with Gasteiger partial charge in [0.15, 0.2) is 0 Å². The summed E-state index contributed by atoms with van der Waals surface area (Å²) in [4.78, 5) is 35.9. The maximum absolute atomic E-state index is 12.7. The van der Waals surface area contributed by atoms with Crippen molar-refractivity contribution in [3.05, 3.63) is 62.0 Å². The molecular formula is C22H22F3N3O2S2. The van der Waals surface area contributed by atoms with Crippen LogP contribution in [0.15, 0.2) is 29.1 Å². The monoisotopic (exact) mass is 481 g/mol. The van der Waals surface area contributed by atoms with Gasteiger partial charge in [-0.25, -0.2) is 4.98 Å². The molecule has 0 fully saturated rings. The summed E-state index contributed by atoms with van der Waals surface area (Å²) in [5.41, 5.74) is 0.938. The third-order valence-electron chi connectivity index (χ3n) is 5.47. The number of hydrogen-bond donors (Lipinski definition) is 1. The van der Waals surface area contributed by atoms with E-state index in [1.54, 1.807) is 18.4 Å². The van der Waals surface area contributed by atoms with Crippen LogP contribution in [-0.2, 0) is 36.1 Å². The van der Waals surface area contributed by atoms with Gasteiger partial charge in [0.25, 0.3) is 5.56 Å². The zero-order valence-electron chi connectivity index (χ0n) is 17.4. The van der Waals surface area contributed by atoms with Crippen LogP contribution in [0.25, 0.3) is 10.2 Å². The molecule has 2 heterocycles. The Balaban J connectivity index is 1.33. The summed E-state index contributed by atoms with van der Waals surface area (Å²) < 4.78 is 38.0. The summed E-state index contributed by atoms with van der Waals surface area (Å²) in [5.74, 6) is 0.974. The number of alkyl halides is 3. The van der Waals surface area contributed by atoms with E-state index in [0.29, 0.717) is 22.5 Å². The first-order chi connectivity index (χ1) is 15.2. The number of thioether (sulfide) groups is 1. The zero-order chi connectivity index (χ0) is 22.9. The molecule has 170 valence electrons. The minimum atomic E-state index is -4.38. The van der Waals surface area contributed by atoms with Crippen LogP contribution >= 0.6 is 23.1 Å². The number of nitrogens with one attached hydrogen (secondary N) is 1. The Morgan fingerprint density at radius 1 is 1.22 bits per heavy atom. The Morgan fingerprint density at radius 2 is 1.94 bits per heavy atom. The van der Waals surface area contributed by atoms with Crippen molar-refractivity contribution in [2.24, 2.45) is 0 Å². The predicted octanol–water partition coefficient (Wildman–Crippen LogP) is 4.77. The molecule has 1 aromatic carbocycles. The molecule has 5 nitrogen and oxygen atoms in total. The summed E-state index contributed by atoms with van der Waals surface area (Å²) in [6.45, 7) is 0.222. The van der Waals surface area contributed by atoms with E-state index in [1.165, 1.54) is 33.7 Å². The maximum atomic E-state index is 12.7. The van der Waals surface area contributed by atoms with Gasteiger partial charge in [-0.1, -0.05) is 12.1 Å². The molecule has 1 aliphatic carbocycles. The lowest BCUT2D eigenvalue weighted by Crippen LogP contribution is -2.28. The molecule has 0 bridgehead atoms. The van der Waals surface area contributed by atoms with Crippen molar-refractivity contribution in [1.82, 2.24) is 14.9 Å². The van der Waals surface area contributed by atoms with Gasteiger partial charge in [0.2, 0.25) is 5.91 Å². The van der Waals surface area contributed by atoms with E-state index in [4.69, 9.17) is 0 Å². The van der Waals surface area contributed by atoms with Gasteiger partial charge in [0, 0.05) is 18.5 Å². The lowest BCUT2D eigenvalue weighted by molar-refractivity contribution is -0.137. The van der Waals surface area contributed by atoms with Crippen LogP contribution in [0.4, 0.5) is 13.2 Å². The number of fused-ring (bicyclic) bond motifs is 3. The van der Waals surface area contributed by atoms with Crippen molar-refractivity contribution in [2.45, 2.75) is 44.2 Å². The van der Waals surface area contributed by atoms with Gasteiger partial charge in [-0.05, 0) is 48.9 Å². The summed E-state index contributed by atoms with van der Waals surface area (Å²) in [6, 6.07) is 4.79. The average Bonchev–Trinajstić information content (AvgIpc) is 3.12. The molecule has 0 saturated carbocycles. The minimum absolute atomic E-state index is 0.115. The molecule has 1 aliphatic rings. The Kier molecular flexibility index (Phi) is 6.62. The third-order valence-corrected chi connectivity index (χ3v) is 7.58. The number of halogens is 3. The summed E-state index contributed by atoms with van der Waals surface area (Å²) in [7, 11) is 1.61. The van der Waals surface area contributed by atoms with E-state index in [2.05, 4.69) is 9.97 Å². The van der Waals surface area contributed by atoms with E-state index in [9.17, 15) is 22.8 Å². The highest BCUT2D eigenvalue weighted by Gasteiger charge is 2.30. The first-order valence-corrected chi connectivity index (χ1v) is 12.2. The van der Waals surface area contributed by atoms with Crippen LogP contribution in [-0.4, -0.2) is 33.6 Å². The van der Waals surface area contributed by atoms with Crippen LogP contribution in [0.5, 0.6) is 0 Å². The number of aromatic amines is 1. The van der Waals surface area contributed by atoms with Gasteiger partial charge in [0.1, 0.15) is 10.7 Å². The second kappa shape index (κ2) is 9.27. The molecule has 0 saturated heterocycles. The molecule has 0 atom stereocenters. The van der Waals surface area contributed by atoms with Gasteiger partial charge >= 0.3 is 6.18 Å². The Hall–Kier alpha value is -2.33. The standard InChI is InChI=1S/C22H22F3N3O2S2/c1-28(10-13-6-8-14(9-7-13)22(23,24)25)18(29)12-31-11-17-26-20(30)19-15-4-2-3-5-16(15)32-21(19)27-17/h6-9H,2-5,10-12H2,1H3,(H,26,27,30). The lowest BCUT2D eigenvalue weighted by Gasteiger charge is -2.17. The minimum Gasteiger partial charge on any atom is -0.341 e. The molecule has 4 rings (SSSR count). The highest BCUT2D eigenvalue weighted by atomic mass is 32.2. The van der Waals surface area contributed by atoms with Gasteiger partial charge in [-0.2, -0.15) is 13.2 Å². The van der Waals surface area contributed by atoms with Crippen LogP contribution in [0.2, 0.25) is 0 Å². The number of aryl methyl sites for hydroxylation is 2. The number of rotatable bonds is 6. The summed E-state index contributed by atoms with van der Waals surface area (Å²) >= 11 is 2.93. The zero-order valence-corrected chi connectivity index (χ0v) is 19.1. The van der Waals surface area contributed by atoms with E-state index in [-0.39, 0.29) is 23.8 Å². The normalized spacial score (nSPS) is 13.9. The number of thiophene rings is 1. The van der Waals surface area contributed by atoms with E-state index in [1.807, 2.05) is 0 Å². The smallest absolute Gasteiger partial charge is 0.341 e. The number of benzene rings is 1. The third kappa shape index (κ3) is 5.01. The van der Waals surface area contributed by atoms with Gasteiger partial charge in [-0.3, -0.25) is 9.59 Å². The Bertz CT molecular complexity index is 1190. The predicted molar refractivity (Wildman–Crippen MR) is 121 cm³/mol. The highest BCUT2D eigenvalue weighted by molar-refractivity contribution is 7.99. The fraction of sp³-hybridized carbons (Fsp3) is 0.409. The van der Waals surface area contributed by atoms with Crippen molar-refractivity contribution in [1.29, 1.82) is 0 Å². The topological polar surface area (TPSA) is 66.1 Å². The molecule has 1 N–H and O–H groups in total. The molecule has 32 heavy (non-hydrogen) atoms. The molecule has 2 aromatic heterocycles. The largest absolute Gasteiger partial charge is 0.416 e. The van der Waals surface area contributed by atoms with Crippen molar-refractivity contribution >= 4 is 39.2 Å². The molecular weight excluding hydrogens is 459 g/mol. The lowest BCUT2D eigenvalue weighted by atomic mass is 9.97. The quantitative estimate of drug-likeness (QED) is 0.551. The summed E-state index contributed by atoms with van der Waals surface area (Å²) in [5, 5.41) is 0.714. The fourth-order valence-corrected chi connectivity index (χ4v) is 5.89. The van der Waals surface area contributed by atoms with Crippen LogP contribution in [0.3, 0.4) is 0 Å². The maximum Gasteiger partial charge on any atom is 0.416 e. The molecule has 0 aliphatic heterocycles. The molecule has 0 radical (unpaired) electrons. The molecule has 10 heteroatoms. The van der Waals surface area contributed by atoms with Crippen LogP contribution in [0.1, 0.15) is 40.2 Å². The first-order valence-electron chi connectivity index (χ1n) is 10.2. The van der Waals surface area contributed by atoms with Crippen LogP contribution in [0, 0.1) is 0 Å². The number of carbonyl (C=O) groups excluding carboxylic acids is 1. The Morgan fingerprint density at radius 3 is 2.66 bits per heavy atom. The van der Waals surface area contributed by atoms with Gasteiger partial charge < -0.3 is 9.88 Å². The van der Waals surface area contributed by atoms with E-state index in [0.717, 1.165) is 48.2 Å². The SMILES string of the molecule is CN(Cc1ccc(C(F)(F)F)cc1)C(=O)CSCc1nc2sc3c(c2c(=O)[nH]1)CCCC3. The van der Waals surface area contributed by atoms with E-state index >= 15 is 0 Å². The highest BCUT2D eigenvalue weighted by Crippen LogP contribution is 2.33. The molecule has 1 amide bonds. The second-order valence-corrected chi connectivity index (χ2v) is 9.91. The molecule has 0 spiro atoms. The second-order valence-electron chi connectivity index (χ2n) is 7.84. The first kappa shape index (κ1) is 22.8.